The zero-order chi connectivity index (χ0) is 9.72. The molecule has 0 aliphatic heterocycles. The summed E-state index contributed by atoms with van der Waals surface area (Å²) in [7, 11) is 0. The molecule has 0 aromatic heterocycles. The number of carbonyl (C=O) groups excluding carboxylic acids is 1. The van der Waals surface area contributed by atoms with E-state index < -0.39 is 31.0 Å². The Kier molecular flexibility index (Phi) is 4.95. The maximum atomic E-state index is 9.90. The molecule has 0 amide bonds. The van der Waals surface area contributed by atoms with E-state index in [9.17, 15) is 4.79 Å². The average molecular weight is 182 g/mol. The van der Waals surface area contributed by atoms with Crippen LogP contribution in [0.2, 0.25) is 0 Å². The number of aliphatic hydroxyl groups is 5. The van der Waals surface area contributed by atoms with Crippen molar-refractivity contribution in [3.8, 4) is 0 Å². The molecule has 4 atom stereocenters. The minimum Gasteiger partial charge on any atom is -0.394 e. The third-order valence-electron chi connectivity index (χ3n) is 1.42. The fraction of sp³-hybridized carbons (Fsp3) is 0.833. The highest BCUT2D eigenvalue weighted by molar-refractivity contribution is 5.56. The van der Waals surface area contributed by atoms with Gasteiger partial charge >= 0.3 is 0 Å². The molecule has 5 N–H and O–H groups in total. The van der Waals surface area contributed by atoms with Gasteiger partial charge in [-0.05, 0) is 0 Å². The van der Waals surface area contributed by atoms with Crippen molar-refractivity contribution in [1.82, 2.24) is 0 Å². The second-order valence-corrected chi connectivity index (χ2v) is 2.36. The van der Waals surface area contributed by atoms with E-state index in [0.29, 0.717) is 0 Å². The maximum Gasteiger partial charge on any atom is 0.151 e. The van der Waals surface area contributed by atoms with Crippen LogP contribution in [0.4, 0.5) is 0 Å². The highest BCUT2D eigenvalue weighted by Crippen LogP contribution is 2.02. The SMILES string of the molecule is O=[13CH][13CH](O)C(O)C(O)C(O)CO. The third-order valence-corrected chi connectivity index (χ3v) is 1.42. The molecular weight excluding hydrogens is 170 g/mol. The van der Waals surface area contributed by atoms with Crippen LogP contribution in [-0.4, -0.2) is 62.8 Å². The third kappa shape index (κ3) is 2.84. The van der Waals surface area contributed by atoms with E-state index in [4.69, 9.17) is 25.5 Å². The van der Waals surface area contributed by atoms with Crippen molar-refractivity contribution in [2.75, 3.05) is 6.61 Å². The molecule has 0 saturated carbocycles. The maximum absolute atomic E-state index is 9.90. The summed E-state index contributed by atoms with van der Waals surface area (Å²) < 4.78 is 0. The Balaban J connectivity index is 4.07. The van der Waals surface area contributed by atoms with Gasteiger partial charge in [-0.2, -0.15) is 0 Å². The van der Waals surface area contributed by atoms with E-state index in [1.54, 1.807) is 0 Å². The first-order chi connectivity index (χ1) is 5.54. The van der Waals surface area contributed by atoms with E-state index in [1.807, 2.05) is 0 Å². The molecule has 4 unspecified atom stereocenters. The van der Waals surface area contributed by atoms with E-state index >= 15 is 0 Å². The van der Waals surface area contributed by atoms with Crippen molar-refractivity contribution in [2.24, 2.45) is 0 Å². The number of hydrogen-bond acceptors (Lipinski definition) is 6. The lowest BCUT2D eigenvalue weighted by molar-refractivity contribution is -0.136. The van der Waals surface area contributed by atoms with Crippen molar-refractivity contribution in [2.45, 2.75) is 24.4 Å². The molecule has 0 fully saturated rings. The minimum absolute atomic E-state index is 0.0258. The molecular formula is C6H12O6. The van der Waals surface area contributed by atoms with Crippen LogP contribution in [0.15, 0.2) is 0 Å². The van der Waals surface area contributed by atoms with Gasteiger partial charge in [0, 0.05) is 0 Å². The van der Waals surface area contributed by atoms with Crippen LogP contribution in [0.1, 0.15) is 0 Å². The molecule has 6 nitrogen and oxygen atoms in total. The quantitative estimate of drug-likeness (QED) is 0.223. The molecule has 6 heteroatoms. The van der Waals surface area contributed by atoms with Gasteiger partial charge in [-0.1, -0.05) is 0 Å². The van der Waals surface area contributed by atoms with Gasteiger partial charge in [-0.25, -0.2) is 0 Å². The summed E-state index contributed by atoms with van der Waals surface area (Å²) in [4.78, 5) is 9.90. The van der Waals surface area contributed by atoms with Crippen LogP contribution in [-0.2, 0) is 4.79 Å². The Morgan fingerprint density at radius 3 is 1.92 bits per heavy atom. The molecule has 0 radical (unpaired) electrons. The summed E-state index contributed by atoms with van der Waals surface area (Å²) >= 11 is 0. The zero-order valence-corrected chi connectivity index (χ0v) is 6.24. The summed E-state index contributed by atoms with van der Waals surface area (Å²) in [6.07, 6.45) is -6.84. The molecule has 0 saturated heterocycles. The topological polar surface area (TPSA) is 118 Å². The van der Waals surface area contributed by atoms with E-state index in [1.165, 1.54) is 0 Å². The van der Waals surface area contributed by atoms with Crippen LogP contribution < -0.4 is 0 Å². The normalized spacial score (nSPS) is 21.1. The fourth-order valence-electron chi connectivity index (χ4n) is 0.618. The molecule has 0 spiro atoms. The van der Waals surface area contributed by atoms with Crippen molar-refractivity contribution in [1.29, 1.82) is 0 Å². The summed E-state index contributed by atoms with van der Waals surface area (Å²) in [5, 5.41) is 43.5. The standard InChI is InChI=1S/C6H12O6/c7-1-3(9)5(11)6(12)4(10)2-8/h1,3-6,8-12H,2H2/i1+1,3+1. The van der Waals surface area contributed by atoms with Gasteiger partial charge in [0.2, 0.25) is 0 Å². The predicted octanol–water partition coefficient (Wildman–Crippen LogP) is -3.38. The highest BCUT2D eigenvalue weighted by Gasteiger charge is 2.29. The second kappa shape index (κ2) is 5.18. The van der Waals surface area contributed by atoms with Gasteiger partial charge in [-0.3, -0.25) is 0 Å². The minimum atomic E-state index is -1.79. The van der Waals surface area contributed by atoms with E-state index in [-0.39, 0.29) is 6.29 Å². The van der Waals surface area contributed by atoms with Crippen LogP contribution in [0.25, 0.3) is 0 Å². The Hall–Kier alpha value is -0.530. The lowest BCUT2D eigenvalue weighted by Gasteiger charge is -2.22. The molecule has 0 aliphatic rings. The highest BCUT2D eigenvalue weighted by atomic mass is 16.4. The Labute approximate surface area is 68.7 Å². The first-order valence-electron chi connectivity index (χ1n) is 3.33. The Bertz CT molecular complexity index is 138. The molecule has 0 bridgehead atoms. The predicted molar refractivity (Wildman–Crippen MR) is 37.2 cm³/mol. The number of carbonyl (C=O) groups is 1. The van der Waals surface area contributed by atoms with E-state index in [2.05, 4.69) is 0 Å². The first kappa shape index (κ1) is 11.5. The first-order valence-corrected chi connectivity index (χ1v) is 3.33. The van der Waals surface area contributed by atoms with E-state index in [0.717, 1.165) is 0 Å². The zero-order valence-electron chi connectivity index (χ0n) is 6.24. The Morgan fingerprint density at radius 1 is 1.08 bits per heavy atom. The fourth-order valence-corrected chi connectivity index (χ4v) is 0.618. The number of rotatable bonds is 5. The Morgan fingerprint density at radius 2 is 1.58 bits per heavy atom. The van der Waals surface area contributed by atoms with Gasteiger partial charge in [0.25, 0.3) is 0 Å². The second-order valence-electron chi connectivity index (χ2n) is 2.36. The lowest BCUT2D eigenvalue weighted by atomic mass is 10.1. The monoisotopic (exact) mass is 182 g/mol. The summed E-state index contributed by atoms with van der Waals surface area (Å²) in [5.41, 5.74) is 0. The summed E-state index contributed by atoms with van der Waals surface area (Å²) in [6.45, 7) is -0.760. The molecule has 0 aliphatic carbocycles. The van der Waals surface area contributed by atoms with Gasteiger partial charge in [0.05, 0.1) is 6.61 Å². The van der Waals surface area contributed by atoms with Gasteiger partial charge in [0.15, 0.2) is 6.29 Å². The lowest BCUT2D eigenvalue weighted by Crippen LogP contribution is -2.46. The van der Waals surface area contributed by atoms with Crippen molar-refractivity contribution < 1.29 is 30.3 Å². The molecule has 0 aromatic rings. The summed E-state index contributed by atoms with van der Waals surface area (Å²) in [5.74, 6) is 0. The molecule has 72 valence electrons. The van der Waals surface area contributed by atoms with Gasteiger partial charge < -0.3 is 30.3 Å². The van der Waals surface area contributed by atoms with Crippen LogP contribution in [0.3, 0.4) is 0 Å². The van der Waals surface area contributed by atoms with Gasteiger partial charge in [-0.15, -0.1) is 0 Å². The number of aldehydes is 1. The molecule has 0 aromatic carbocycles. The average Bonchev–Trinajstić information content (AvgIpc) is 2.12. The summed E-state index contributed by atoms with van der Waals surface area (Å²) in [6, 6.07) is 0. The van der Waals surface area contributed by atoms with Crippen LogP contribution in [0.5, 0.6) is 0 Å². The van der Waals surface area contributed by atoms with Gasteiger partial charge in [0.1, 0.15) is 24.4 Å². The molecule has 12 heavy (non-hydrogen) atoms. The molecule has 0 rings (SSSR count). The largest absolute Gasteiger partial charge is 0.394 e. The number of hydrogen-bond donors (Lipinski definition) is 5. The number of aliphatic hydroxyl groups excluding tert-OH is 5. The molecule has 0 heterocycles. The van der Waals surface area contributed by atoms with Crippen LogP contribution >= 0.6 is 0 Å². The van der Waals surface area contributed by atoms with Crippen LogP contribution in [0, 0.1) is 0 Å². The van der Waals surface area contributed by atoms with Crippen molar-refractivity contribution in [3.05, 3.63) is 0 Å². The van der Waals surface area contributed by atoms with Crippen molar-refractivity contribution >= 4 is 6.29 Å². The smallest absolute Gasteiger partial charge is 0.151 e. The van der Waals surface area contributed by atoms with Crippen molar-refractivity contribution in [3.63, 3.8) is 0 Å².